The minimum atomic E-state index is -0.678. The zero-order chi connectivity index (χ0) is 16.0. The van der Waals surface area contributed by atoms with E-state index in [-0.39, 0.29) is 5.92 Å². The molecule has 0 aliphatic rings. The van der Waals surface area contributed by atoms with Crippen molar-refractivity contribution >= 4 is 11.9 Å². The SMILES string of the molecule is Cc1cc(C)nc(CCNC(=O)N[C@H](C(N)=O)C(C)C)n1. The molecule has 1 aromatic heterocycles. The first-order chi connectivity index (χ1) is 9.79. The zero-order valence-corrected chi connectivity index (χ0v) is 12.9. The molecule has 0 spiro atoms. The van der Waals surface area contributed by atoms with E-state index in [9.17, 15) is 9.59 Å². The summed E-state index contributed by atoms with van der Waals surface area (Å²) in [4.78, 5) is 31.5. The summed E-state index contributed by atoms with van der Waals surface area (Å²) < 4.78 is 0. The van der Waals surface area contributed by atoms with Crippen molar-refractivity contribution < 1.29 is 9.59 Å². The Labute approximate surface area is 124 Å². The van der Waals surface area contributed by atoms with Crippen LogP contribution in [0, 0.1) is 19.8 Å². The predicted octanol–water partition coefficient (Wildman–Crippen LogP) is 0.445. The number of nitrogens with one attached hydrogen (secondary N) is 2. The van der Waals surface area contributed by atoms with E-state index in [1.807, 2.05) is 33.8 Å². The molecule has 21 heavy (non-hydrogen) atoms. The Kier molecular flexibility index (Phi) is 6.08. The van der Waals surface area contributed by atoms with Crippen molar-refractivity contribution in [2.24, 2.45) is 11.7 Å². The van der Waals surface area contributed by atoms with Crippen LogP contribution in [0.15, 0.2) is 6.07 Å². The molecule has 7 heteroatoms. The second-order valence-electron chi connectivity index (χ2n) is 5.34. The summed E-state index contributed by atoms with van der Waals surface area (Å²) in [7, 11) is 0. The van der Waals surface area contributed by atoms with Crippen LogP contribution >= 0.6 is 0 Å². The van der Waals surface area contributed by atoms with Crippen LogP contribution in [0.5, 0.6) is 0 Å². The van der Waals surface area contributed by atoms with E-state index in [2.05, 4.69) is 20.6 Å². The van der Waals surface area contributed by atoms with Gasteiger partial charge in [0.2, 0.25) is 5.91 Å². The van der Waals surface area contributed by atoms with Crippen molar-refractivity contribution in [1.82, 2.24) is 20.6 Å². The quantitative estimate of drug-likeness (QED) is 0.707. The lowest BCUT2D eigenvalue weighted by molar-refractivity contribution is -0.120. The van der Waals surface area contributed by atoms with E-state index < -0.39 is 18.0 Å². The molecule has 0 radical (unpaired) electrons. The number of primary amides is 1. The Morgan fingerprint density at radius 1 is 1.24 bits per heavy atom. The van der Waals surface area contributed by atoms with Crippen LogP contribution in [0.25, 0.3) is 0 Å². The number of hydrogen-bond donors (Lipinski definition) is 3. The smallest absolute Gasteiger partial charge is 0.315 e. The van der Waals surface area contributed by atoms with E-state index in [1.165, 1.54) is 0 Å². The largest absolute Gasteiger partial charge is 0.368 e. The molecule has 1 heterocycles. The number of carbonyl (C=O) groups is 2. The van der Waals surface area contributed by atoms with Gasteiger partial charge >= 0.3 is 6.03 Å². The Balaban J connectivity index is 2.44. The zero-order valence-electron chi connectivity index (χ0n) is 12.9. The van der Waals surface area contributed by atoms with Gasteiger partial charge in [0.25, 0.3) is 0 Å². The summed E-state index contributed by atoms with van der Waals surface area (Å²) in [6.07, 6.45) is 0.527. The van der Waals surface area contributed by atoms with Crippen LogP contribution in [0.3, 0.4) is 0 Å². The highest BCUT2D eigenvalue weighted by Gasteiger charge is 2.21. The number of amides is 3. The maximum Gasteiger partial charge on any atom is 0.315 e. The first-order valence-electron chi connectivity index (χ1n) is 6.94. The summed E-state index contributed by atoms with van der Waals surface area (Å²) in [5.41, 5.74) is 7.03. The Morgan fingerprint density at radius 3 is 2.29 bits per heavy atom. The van der Waals surface area contributed by atoms with E-state index in [4.69, 9.17) is 5.73 Å². The van der Waals surface area contributed by atoms with Crippen LogP contribution in [0.4, 0.5) is 4.79 Å². The summed E-state index contributed by atoms with van der Waals surface area (Å²) in [5.74, 6) is 0.0805. The van der Waals surface area contributed by atoms with Gasteiger partial charge in [-0.2, -0.15) is 0 Å². The van der Waals surface area contributed by atoms with Crippen LogP contribution in [-0.2, 0) is 11.2 Å². The lowest BCUT2D eigenvalue weighted by Gasteiger charge is -2.19. The maximum absolute atomic E-state index is 11.7. The fourth-order valence-corrected chi connectivity index (χ4v) is 1.96. The standard InChI is InChI=1S/C14H23N5O2/c1-8(2)12(13(15)20)19-14(21)16-6-5-11-17-9(3)7-10(4)18-11/h7-8,12H,5-6H2,1-4H3,(H2,15,20)(H2,16,19,21)/t12-/m0/s1. The van der Waals surface area contributed by atoms with Crippen molar-refractivity contribution in [1.29, 1.82) is 0 Å². The molecule has 0 saturated heterocycles. The third kappa shape index (κ3) is 5.76. The minimum absolute atomic E-state index is 0.0593. The maximum atomic E-state index is 11.7. The molecule has 0 aliphatic heterocycles. The third-order valence-electron chi connectivity index (χ3n) is 2.92. The Bertz CT molecular complexity index is 496. The van der Waals surface area contributed by atoms with Crippen molar-refractivity contribution in [2.45, 2.75) is 40.2 Å². The van der Waals surface area contributed by atoms with Gasteiger partial charge in [0.15, 0.2) is 0 Å². The number of nitrogens with zero attached hydrogens (tertiary/aromatic N) is 2. The molecule has 3 amide bonds. The van der Waals surface area contributed by atoms with Crippen LogP contribution in [-0.4, -0.2) is 34.5 Å². The number of hydrogen-bond acceptors (Lipinski definition) is 4. The van der Waals surface area contributed by atoms with Gasteiger partial charge in [-0.15, -0.1) is 0 Å². The predicted molar refractivity (Wildman–Crippen MR) is 79.6 cm³/mol. The number of rotatable bonds is 6. The molecule has 1 rings (SSSR count). The third-order valence-corrected chi connectivity index (χ3v) is 2.92. The average Bonchev–Trinajstić information content (AvgIpc) is 2.34. The highest BCUT2D eigenvalue weighted by Crippen LogP contribution is 2.01. The fourth-order valence-electron chi connectivity index (χ4n) is 1.96. The second kappa shape index (κ2) is 7.56. The van der Waals surface area contributed by atoms with Gasteiger partial charge in [-0.1, -0.05) is 13.8 Å². The van der Waals surface area contributed by atoms with Crippen molar-refractivity contribution in [3.05, 3.63) is 23.3 Å². The van der Waals surface area contributed by atoms with Gasteiger partial charge in [0.1, 0.15) is 11.9 Å². The number of aromatic nitrogens is 2. The molecule has 1 atom stereocenters. The van der Waals surface area contributed by atoms with E-state index >= 15 is 0 Å². The molecule has 7 nitrogen and oxygen atoms in total. The first-order valence-corrected chi connectivity index (χ1v) is 6.94. The molecule has 0 fully saturated rings. The van der Waals surface area contributed by atoms with Gasteiger partial charge < -0.3 is 16.4 Å². The molecule has 4 N–H and O–H groups in total. The summed E-state index contributed by atoms with van der Waals surface area (Å²) >= 11 is 0. The summed E-state index contributed by atoms with van der Waals surface area (Å²) in [5, 5.41) is 5.23. The van der Waals surface area contributed by atoms with E-state index in [0.717, 1.165) is 11.4 Å². The first kappa shape index (κ1) is 16.9. The Hall–Kier alpha value is -2.18. The number of carbonyl (C=O) groups excluding carboxylic acids is 2. The molecule has 0 bridgehead atoms. The van der Waals surface area contributed by atoms with Crippen LogP contribution in [0.1, 0.15) is 31.1 Å². The molecule has 1 aromatic rings. The minimum Gasteiger partial charge on any atom is -0.368 e. The fraction of sp³-hybridized carbons (Fsp3) is 0.571. The molecule has 0 aromatic carbocycles. The molecule has 116 valence electrons. The van der Waals surface area contributed by atoms with Gasteiger partial charge in [-0.3, -0.25) is 4.79 Å². The normalized spacial score (nSPS) is 12.0. The lowest BCUT2D eigenvalue weighted by Crippen LogP contribution is -2.51. The lowest BCUT2D eigenvalue weighted by atomic mass is 10.0. The summed E-state index contributed by atoms with van der Waals surface area (Å²) in [6, 6.07) is 0.795. The monoisotopic (exact) mass is 293 g/mol. The van der Waals surface area contributed by atoms with Crippen LogP contribution < -0.4 is 16.4 Å². The number of aryl methyl sites for hydroxylation is 2. The molecular weight excluding hydrogens is 270 g/mol. The van der Waals surface area contributed by atoms with Crippen LogP contribution in [0.2, 0.25) is 0 Å². The van der Waals surface area contributed by atoms with Gasteiger partial charge in [-0.05, 0) is 25.8 Å². The summed E-state index contributed by atoms with van der Waals surface area (Å²) in [6.45, 7) is 7.83. The molecule has 0 saturated carbocycles. The average molecular weight is 293 g/mol. The van der Waals surface area contributed by atoms with E-state index in [0.29, 0.717) is 18.8 Å². The van der Waals surface area contributed by atoms with Crippen molar-refractivity contribution in [3.8, 4) is 0 Å². The molecule has 0 aliphatic carbocycles. The number of nitrogens with two attached hydrogens (primary N) is 1. The molecule has 0 unspecified atom stereocenters. The topological polar surface area (TPSA) is 110 Å². The highest BCUT2D eigenvalue weighted by molar-refractivity contribution is 5.86. The van der Waals surface area contributed by atoms with Crippen molar-refractivity contribution in [3.63, 3.8) is 0 Å². The molecular formula is C14H23N5O2. The van der Waals surface area contributed by atoms with Gasteiger partial charge in [-0.25, -0.2) is 14.8 Å². The number of urea groups is 1. The van der Waals surface area contributed by atoms with Gasteiger partial charge in [0.05, 0.1) is 0 Å². The second-order valence-corrected chi connectivity index (χ2v) is 5.34. The Morgan fingerprint density at radius 2 is 1.81 bits per heavy atom. The van der Waals surface area contributed by atoms with Gasteiger partial charge in [0, 0.05) is 24.4 Å². The van der Waals surface area contributed by atoms with E-state index in [1.54, 1.807) is 0 Å². The highest BCUT2D eigenvalue weighted by atomic mass is 16.2. The van der Waals surface area contributed by atoms with Crippen molar-refractivity contribution in [2.75, 3.05) is 6.54 Å².